The molecule has 0 saturated carbocycles. The molecule has 0 unspecified atom stereocenters. The van der Waals surface area contributed by atoms with Gasteiger partial charge in [0, 0.05) is 6.92 Å². The van der Waals surface area contributed by atoms with Crippen LogP contribution >= 0.6 is 11.3 Å². The maximum absolute atomic E-state index is 11.1. The highest BCUT2D eigenvalue weighted by molar-refractivity contribution is 7.19. The van der Waals surface area contributed by atoms with Gasteiger partial charge in [-0.2, -0.15) is 0 Å². The van der Waals surface area contributed by atoms with E-state index in [1.807, 2.05) is 18.2 Å². The number of hydrogen-bond acceptors (Lipinski definition) is 4. The van der Waals surface area contributed by atoms with Crippen LogP contribution in [0, 0.1) is 0 Å². The molecular formula is C12H10N2O3S. The molecule has 1 aromatic heterocycles. The fourth-order valence-corrected chi connectivity index (χ4v) is 2.46. The average Bonchev–Trinajstić information content (AvgIpc) is 2.73. The van der Waals surface area contributed by atoms with Crippen molar-refractivity contribution in [3.8, 4) is 10.4 Å². The van der Waals surface area contributed by atoms with Crippen LogP contribution in [0.5, 0.6) is 0 Å². The zero-order chi connectivity index (χ0) is 13.1. The van der Waals surface area contributed by atoms with E-state index in [2.05, 4.69) is 10.3 Å². The lowest BCUT2D eigenvalue weighted by molar-refractivity contribution is -0.114. The Morgan fingerprint density at radius 2 is 1.94 bits per heavy atom. The Balaban J connectivity index is 2.48. The number of aromatic nitrogens is 1. The van der Waals surface area contributed by atoms with Gasteiger partial charge in [-0.3, -0.25) is 4.79 Å². The lowest BCUT2D eigenvalue weighted by Gasteiger charge is -1.97. The van der Waals surface area contributed by atoms with E-state index < -0.39 is 5.97 Å². The minimum Gasteiger partial charge on any atom is -0.476 e. The minimum atomic E-state index is -1.11. The SMILES string of the molecule is CC(=O)Nc1nc(C(=O)O)c(-c2ccccc2)s1. The number of benzene rings is 1. The largest absolute Gasteiger partial charge is 0.476 e. The first-order valence-electron chi connectivity index (χ1n) is 5.15. The number of carboxylic acids is 1. The number of thiazole rings is 1. The predicted octanol–water partition coefficient (Wildman–Crippen LogP) is 2.47. The Bertz CT molecular complexity index is 593. The van der Waals surface area contributed by atoms with Gasteiger partial charge in [0.1, 0.15) is 0 Å². The summed E-state index contributed by atoms with van der Waals surface area (Å²) in [6.07, 6.45) is 0. The molecule has 0 bridgehead atoms. The number of nitrogens with one attached hydrogen (secondary N) is 1. The van der Waals surface area contributed by atoms with Crippen molar-refractivity contribution in [2.45, 2.75) is 6.92 Å². The highest BCUT2D eigenvalue weighted by Crippen LogP contribution is 2.32. The number of hydrogen-bond donors (Lipinski definition) is 2. The molecule has 18 heavy (non-hydrogen) atoms. The molecule has 6 heteroatoms. The molecule has 0 spiro atoms. The standard InChI is InChI=1S/C12H10N2O3S/c1-7(15)13-12-14-9(11(16)17)10(18-12)8-5-3-2-4-6-8/h2-6H,1H3,(H,16,17)(H,13,14,15). The van der Waals surface area contributed by atoms with E-state index in [4.69, 9.17) is 5.11 Å². The molecule has 92 valence electrons. The molecule has 2 aromatic rings. The average molecular weight is 262 g/mol. The quantitative estimate of drug-likeness (QED) is 0.890. The molecule has 1 aromatic carbocycles. The van der Waals surface area contributed by atoms with Crippen molar-refractivity contribution in [3.63, 3.8) is 0 Å². The van der Waals surface area contributed by atoms with Gasteiger partial charge in [0.2, 0.25) is 5.91 Å². The minimum absolute atomic E-state index is 0.0463. The van der Waals surface area contributed by atoms with Gasteiger partial charge in [-0.15, -0.1) is 0 Å². The number of rotatable bonds is 3. The molecule has 0 aliphatic heterocycles. The summed E-state index contributed by atoms with van der Waals surface area (Å²) < 4.78 is 0. The summed E-state index contributed by atoms with van der Waals surface area (Å²) in [5, 5.41) is 11.9. The summed E-state index contributed by atoms with van der Waals surface area (Å²) in [6, 6.07) is 9.09. The summed E-state index contributed by atoms with van der Waals surface area (Å²) in [6.45, 7) is 1.35. The summed E-state index contributed by atoms with van der Waals surface area (Å²) >= 11 is 1.15. The molecule has 0 fully saturated rings. The van der Waals surface area contributed by atoms with Crippen LogP contribution in [0.1, 0.15) is 17.4 Å². The van der Waals surface area contributed by atoms with Crippen molar-refractivity contribution in [3.05, 3.63) is 36.0 Å². The Kier molecular flexibility index (Phi) is 3.38. The zero-order valence-electron chi connectivity index (χ0n) is 9.51. The first kappa shape index (κ1) is 12.3. The molecule has 1 amide bonds. The number of nitrogens with zero attached hydrogens (tertiary/aromatic N) is 1. The third-order valence-electron chi connectivity index (χ3n) is 2.15. The van der Waals surface area contributed by atoms with E-state index in [0.29, 0.717) is 10.0 Å². The zero-order valence-corrected chi connectivity index (χ0v) is 10.3. The number of carbonyl (C=O) groups is 2. The maximum Gasteiger partial charge on any atom is 0.356 e. The number of carbonyl (C=O) groups excluding carboxylic acids is 1. The molecule has 1 heterocycles. The van der Waals surface area contributed by atoms with E-state index in [1.165, 1.54) is 6.92 Å². The first-order chi connectivity index (χ1) is 8.58. The van der Waals surface area contributed by atoms with E-state index in [9.17, 15) is 9.59 Å². The molecule has 2 N–H and O–H groups in total. The second kappa shape index (κ2) is 4.97. The van der Waals surface area contributed by atoms with Gasteiger partial charge in [-0.25, -0.2) is 9.78 Å². The maximum atomic E-state index is 11.1. The van der Waals surface area contributed by atoms with Crippen molar-refractivity contribution >= 4 is 28.3 Å². The fourth-order valence-electron chi connectivity index (χ4n) is 1.45. The van der Waals surface area contributed by atoms with Crippen LogP contribution in [-0.2, 0) is 4.79 Å². The molecule has 0 radical (unpaired) electrons. The van der Waals surface area contributed by atoms with Gasteiger partial charge in [0.05, 0.1) is 4.88 Å². The predicted molar refractivity (Wildman–Crippen MR) is 68.8 cm³/mol. The smallest absolute Gasteiger partial charge is 0.356 e. The summed E-state index contributed by atoms with van der Waals surface area (Å²) in [7, 11) is 0. The molecule has 5 nitrogen and oxygen atoms in total. The highest BCUT2D eigenvalue weighted by Gasteiger charge is 2.18. The third kappa shape index (κ3) is 2.54. The molecular weight excluding hydrogens is 252 g/mol. The van der Waals surface area contributed by atoms with Gasteiger partial charge in [0.15, 0.2) is 10.8 Å². The Morgan fingerprint density at radius 3 is 2.50 bits per heavy atom. The summed E-state index contributed by atoms with van der Waals surface area (Å²) in [5.41, 5.74) is 0.721. The van der Waals surface area contributed by atoms with Gasteiger partial charge in [-0.05, 0) is 5.56 Å². The normalized spacial score (nSPS) is 10.1. The molecule has 2 rings (SSSR count). The number of aromatic carboxylic acids is 1. The van der Waals surface area contributed by atoms with Gasteiger partial charge < -0.3 is 10.4 Å². The van der Waals surface area contributed by atoms with Crippen LogP contribution in [0.3, 0.4) is 0 Å². The second-order valence-corrected chi connectivity index (χ2v) is 4.55. The summed E-state index contributed by atoms with van der Waals surface area (Å²) in [5.74, 6) is -1.39. The Morgan fingerprint density at radius 1 is 1.28 bits per heavy atom. The van der Waals surface area contributed by atoms with E-state index in [1.54, 1.807) is 12.1 Å². The van der Waals surface area contributed by atoms with E-state index >= 15 is 0 Å². The van der Waals surface area contributed by atoms with Crippen LogP contribution < -0.4 is 5.32 Å². The molecule has 0 aliphatic carbocycles. The second-order valence-electron chi connectivity index (χ2n) is 3.55. The van der Waals surface area contributed by atoms with E-state index in [0.717, 1.165) is 16.9 Å². The van der Waals surface area contributed by atoms with Crippen LogP contribution in [0.15, 0.2) is 30.3 Å². The van der Waals surface area contributed by atoms with Crippen molar-refractivity contribution in [1.29, 1.82) is 0 Å². The number of amides is 1. The topological polar surface area (TPSA) is 79.3 Å². The van der Waals surface area contributed by atoms with Crippen LogP contribution in [0.4, 0.5) is 5.13 Å². The van der Waals surface area contributed by atoms with Crippen LogP contribution in [0.2, 0.25) is 0 Å². The van der Waals surface area contributed by atoms with E-state index in [-0.39, 0.29) is 11.6 Å². The first-order valence-corrected chi connectivity index (χ1v) is 5.96. The van der Waals surface area contributed by atoms with Crippen LogP contribution in [-0.4, -0.2) is 22.0 Å². The van der Waals surface area contributed by atoms with Gasteiger partial charge in [0.25, 0.3) is 0 Å². The third-order valence-corrected chi connectivity index (χ3v) is 3.17. The van der Waals surface area contributed by atoms with Crippen LogP contribution in [0.25, 0.3) is 10.4 Å². The Hall–Kier alpha value is -2.21. The fraction of sp³-hybridized carbons (Fsp3) is 0.0833. The number of carboxylic acid groups (broad SMARTS) is 1. The molecule has 0 atom stereocenters. The number of anilines is 1. The monoisotopic (exact) mass is 262 g/mol. The summed E-state index contributed by atoms with van der Waals surface area (Å²) in [4.78, 5) is 26.5. The van der Waals surface area contributed by atoms with Crippen molar-refractivity contribution in [1.82, 2.24) is 4.98 Å². The Labute approximate surface area is 107 Å². The van der Waals surface area contributed by atoms with Gasteiger partial charge in [-0.1, -0.05) is 41.7 Å². The van der Waals surface area contributed by atoms with Crippen molar-refractivity contribution in [2.24, 2.45) is 0 Å². The molecule has 0 aliphatic rings. The molecule has 0 saturated heterocycles. The lowest BCUT2D eigenvalue weighted by Crippen LogP contribution is -2.06. The van der Waals surface area contributed by atoms with Gasteiger partial charge >= 0.3 is 5.97 Å². The highest BCUT2D eigenvalue weighted by atomic mass is 32.1. The lowest BCUT2D eigenvalue weighted by atomic mass is 10.1. The van der Waals surface area contributed by atoms with Crippen molar-refractivity contribution in [2.75, 3.05) is 5.32 Å². The van der Waals surface area contributed by atoms with Crippen molar-refractivity contribution < 1.29 is 14.7 Å².